The van der Waals surface area contributed by atoms with Gasteiger partial charge in [0.1, 0.15) is 5.04 Å². The molecule has 3 amide bonds. The van der Waals surface area contributed by atoms with Crippen molar-refractivity contribution < 1.29 is 9.59 Å². The first-order valence-electron chi connectivity index (χ1n) is 5.14. The van der Waals surface area contributed by atoms with E-state index < -0.39 is 17.9 Å². The van der Waals surface area contributed by atoms with Gasteiger partial charge < -0.3 is 0 Å². The van der Waals surface area contributed by atoms with Crippen LogP contribution in [0.2, 0.25) is 0 Å². The molecule has 0 saturated heterocycles. The number of imide groups is 1. The molecule has 90 valence electrons. The number of nitrogens with zero attached hydrogens (tertiary/aromatic N) is 3. The van der Waals surface area contributed by atoms with E-state index in [2.05, 4.69) is 4.99 Å². The molecule has 0 saturated carbocycles. The molecular formula is C12H9N3O2S. The summed E-state index contributed by atoms with van der Waals surface area (Å²) in [4.78, 5) is 28.7. The highest BCUT2D eigenvalue weighted by atomic mass is 32.2. The standard InChI is InChI=1S/C12H9N3O2S/c1-18-10-9(7-13)11(16)15(12(17)14-10)8-5-3-2-4-6-8/h2-6,9H,1H3. The van der Waals surface area contributed by atoms with E-state index in [0.717, 1.165) is 16.7 Å². The molecule has 18 heavy (non-hydrogen) atoms. The van der Waals surface area contributed by atoms with E-state index in [0.29, 0.717) is 5.69 Å². The largest absolute Gasteiger partial charge is 0.355 e. The van der Waals surface area contributed by atoms with Gasteiger partial charge in [-0.05, 0) is 18.4 Å². The molecule has 0 bridgehead atoms. The summed E-state index contributed by atoms with van der Waals surface area (Å²) in [5, 5.41) is 9.26. The first-order valence-corrected chi connectivity index (χ1v) is 6.36. The van der Waals surface area contributed by atoms with E-state index in [-0.39, 0.29) is 5.04 Å². The van der Waals surface area contributed by atoms with Crippen LogP contribution >= 0.6 is 11.8 Å². The molecule has 0 aromatic heterocycles. The molecule has 1 aliphatic heterocycles. The fourth-order valence-electron chi connectivity index (χ4n) is 1.63. The van der Waals surface area contributed by atoms with Gasteiger partial charge in [-0.25, -0.2) is 9.69 Å². The third-order valence-corrected chi connectivity index (χ3v) is 3.21. The number of anilines is 1. The zero-order chi connectivity index (χ0) is 13.1. The fraction of sp³-hybridized carbons (Fsp3) is 0.167. The topological polar surface area (TPSA) is 73.5 Å². The summed E-state index contributed by atoms with van der Waals surface area (Å²) in [6.45, 7) is 0. The van der Waals surface area contributed by atoms with Crippen molar-refractivity contribution in [3.05, 3.63) is 30.3 Å². The number of carbonyl (C=O) groups excluding carboxylic acids is 2. The van der Waals surface area contributed by atoms with Crippen molar-refractivity contribution in [3.63, 3.8) is 0 Å². The van der Waals surface area contributed by atoms with E-state index in [1.165, 1.54) is 0 Å². The van der Waals surface area contributed by atoms with E-state index in [4.69, 9.17) is 5.26 Å². The van der Waals surface area contributed by atoms with Crippen molar-refractivity contribution in [1.29, 1.82) is 5.26 Å². The molecule has 0 N–H and O–H groups in total. The SMILES string of the molecule is CSC1=NC(=O)N(c2ccccc2)C(=O)C1C#N. The van der Waals surface area contributed by atoms with E-state index in [9.17, 15) is 9.59 Å². The van der Waals surface area contributed by atoms with Gasteiger partial charge >= 0.3 is 6.03 Å². The Morgan fingerprint density at radius 1 is 1.33 bits per heavy atom. The molecule has 1 aromatic rings. The van der Waals surface area contributed by atoms with Crippen molar-refractivity contribution in [2.45, 2.75) is 0 Å². The first-order chi connectivity index (χ1) is 8.69. The normalized spacial score (nSPS) is 19.4. The van der Waals surface area contributed by atoms with Crippen LogP contribution in [0, 0.1) is 17.2 Å². The number of hydrogen-bond acceptors (Lipinski definition) is 4. The number of amides is 3. The number of para-hydroxylation sites is 1. The Hall–Kier alpha value is -2.13. The minimum Gasteiger partial charge on any atom is -0.272 e. The third kappa shape index (κ3) is 2.00. The number of nitriles is 1. The molecule has 1 aliphatic rings. The number of carbonyl (C=O) groups is 2. The van der Waals surface area contributed by atoms with Crippen molar-refractivity contribution >= 4 is 34.4 Å². The Bertz CT molecular complexity index is 562. The van der Waals surface area contributed by atoms with Gasteiger partial charge in [-0.3, -0.25) is 4.79 Å². The molecule has 1 atom stereocenters. The summed E-state index contributed by atoms with van der Waals surface area (Å²) < 4.78 is 0. The lowest BCUT2D eigenvalue weighted by Gasteiger charge is -2.25. The van der Waals surface area contributed by atoms with Crippen molar-refractivity contribution in [3.8, 4) is 6.07 Å². The predicted octanol–water partition coefficient (Wildman–Crippen LogP) is 2.05. The van der Waals surface area contributed by atoms with Crippen LogP contribution in [0.15, 0.2) is 35.3 Å². The molecule has 0 aliphatic carbocycles. The summed E-state index contributed by atoms with van der Waals surface area (Å²) >= 11 is 1.14. The molecule has 1 unspecified atom stereocenters. The quantitative estimate of drug-likeness (QED) is 0.773. The second-order valence-electron chi connectivity index (χ2n) is 3.51. The summed E-state index contributed by atoms with van der Waals surface area (Å²) in [5.74, 6) is -1.55. The second kappa shape index (κ2) is 5.02. The maximum atomic E-state index is 12.1. The number of thioether (sulfide) groups is 1. The highest BCUT2D eigenvalue weighted by molar-refractivity contribution is 8.13. The van der Waals surface area contributed by atoms with Crippen molar-refractivity contribution in [2.75, 3.05) is 11.2 Å². The average Bonchev–Trinajstić information content (AvgIpc) is 2.39. The minimum atomic E-state index is -1.00. The highest BCUT2D eigenvalue weighted by Gasteiger charge is 2.38. The minimum absolute atomic E-state index is 0.250. The van der Waals surface area contributed by atoms with Crippen LogP contribution in [-0.2, 0) is 4.79 Å². The molecule has 0 spiro atoms. The number of hydrogen-bond donors (Lipinski definition) is 0. The van der Waals surface area contributed by atoms with E-state index in [1.54, 1.807) is 36.6 Å². The molecule has 2 rings (SSSR count). The molecule has 1 heterocycles. The maximum Gasteiger partial charge on any atom is 0.355 e. The van der Waals surface area contributed by atoms with Gasteiger partial charge in [0.25, 0.3) is 5.91 Å². The Morgan fingerprint density at radius 2 is 2.00 bits per heavy atom. The molecule has 1 aromatic carbocycles. The Morgan fingerprint density at radius 3 is 2.56 bits per heavy atom. The lowest BCUT2D eigenvalue weighted by atomic mass is 10.1. The fourth-order valence-corrected chi connectivity index (χ4v) is 2.19. The zero-order valence-electron chi connectivity index (χ0n) is 9.53. The van der Waals surface area contributed by atoms with Crippen LogP contribution in [0.25, 0.3) is 0 Å². The zero-order valence-corrected chi connectivity index (χ0v) is 10.3. The van der Waals surface area contributed by atoms with Gasteiger partial charge in [0.15, 0.2) is 5.92 Å². The van der Waals surface area contributed by atoms with Crippen molar-refractivity contribution in [1.82, 2.24) is 0 Å². The molecule has 0 radical (unpaired) electrons. The summed E-state index contributed by atoms with van der Waals surface area (Å²) in [7, 11) is 0. The van der Waals surface area contributed by atoms with Gasteiger partial charge in [0, 0.05) is 0 Å². The number of rotatable bonds is 1. The molecule has 0 fully saturated rings. The van der Waals surface area contributed by atoms with Crippen LogP contribution < -0.4 is 4.90 Å². The van der Waals surface area contributed by atoms with Gasteiger partial charge in [-0.15, -0.1) is 11.8 Å². The molecule has 5 nitrogen and oxygen atoms in total. The van der Waals surface area contributed by atoms with Crippen LogP contribution in [0.4, 0.5) is 10.5 Å². The molecular weight excluding hydrogens is 250 g/mol. The van der Waals surface area contributed by atoms with E-state index >= 15 is 0 Å². The van der Waals surface area contributed by atoms with Crippen LogP contribution in [-0.4, -0.2) is 23.2 Å². The van der Waals surface area contributed by atoms with Gasteiger partial charge in [0.2, 0.25) is 0 Å². The lowest BCUT2D eigenvalue weighted by Crippen LogP contribution is -2.45. The average molecular weight is 259 g/mol. The highest BCUT2D eigenvalue weighted by Crippen LogP contribution is 2.25. The molecule has 6 heteroatoms. The Labute approximate surface area is 108 Å². The van der Waals surface area contributed by atoms with Crippen LogP contribution in [0.1, 0.15) is 0 Å². The Kier molecular flexibility index (Phi) is 3.44. The predicted molar refractivity (Wildman–Crippen MR) is 69.4 cm³/mol. The number of urea groups is 1. The van der Waals surface area contributed by atoms with Gasteiger partial charge in [-0.2, -0.15) is 10.3 Å². The lowest BCUT2D eigenvalue weighted by molar-refractivity contribution is -0.118. The first kappa shape index (κ1) is 12.3. The van der Waals surface area contributed by atoms with E-state index in [1.807, 2.05) is 6.07 Å². The monoisotopic (exact) mass is 259 g/mol. The van der Waals surface area contributed by atoms with Gasteiger partial charge in [0.05, 0.1) is 11.8 Å². The number of aliphatic imine (C=N–C) groups is 1. The summed E-state index contributed by atoms with van der Waals surface area (Å²) in [6.07, 6.45) is 1.68. The number of benzene rings is 1. The summed E-state index contributed by atoms with van der Waals surface area (Å²) in [5.41, 5.74) is 0.427. The third-order valence-electron chi connectivity index (χ3n) is 2.46. The Balaban J connectivity index is 2.46. The smallest absolute Gasteiger partial charge is 0.272 e. The van der Waals surface area contributed by atoms with Gasteiger partial charge in [-0.1, -0.05) is 18.2 Å². The van der Waals surface area contributed by atoms with Crippen LogP contribution in [0.5, 0.6) is 0 Å². The maximum absolute atomic E-state index is 12.1. The van der Waals surface area contributed by atoms with Crippen molar-refractivity contribution in [2.24, 2.45) is 10.9 Å². The second-order valence-corrected chi connectivity index (χ2v) is 4.33. The summed E-state index contributed by atoms with van der Waals surface area (Å²) in [6, 6.07) is 9.69. The van der Waals surface area contributed by atoms with Crippen LogP contribution in [0.3, 0.4) is 0 Å².